The van der Waals surface area contributed by atoms with Gasteiger partial charge in [-0.15, -0.1) is 0 Å². The highest BCUT2D eigenvalue weighted by molar-refractivity contribution is 5.54. The Balaban J connectivity index is 1.92. The van der Waals surface area contributed by atoms with Gasteiger partial charge in [0.2, 0.25) is 0 Å². The second-order valence-corrected chi connectivity index (χ2v) is 5.13. The number of pyridine rings is 2. The summed E-state index contributed by atoms with van der Waals surface area (Å²) in [6.45, 7) is 0.194. The topological polar surface area (TPSA) is 46.0 Å². The molecule has 1 N–H and O–H groups in total. The van der Waals surface area contributed by atoms with Crippen molar-refractivity contribution in [3.05, 3.63) is 72.6 Å². The molecule has 0 saturated heterocycles. The molecule has 106 valence electrons. The van der Waals surface area contributed by atoms with Crippen LogP contribution in [0.2, 0.25) is 0 Å². The second-order valence-electron chi connectivity index (χ2n) is 5.13. The monoisotopic (exact) mass is 278 g/mol. The molecule has 0 fully saturated rings. The van der Waals surface area contributed by atoms with E-state index in [1.807, 2.05) is 48.6 Å². The molecule has 1 aliphatic rings. The first-order valence-corrected chi connectivity index (χ1v) is 7.22. The van der Waals surface area contributed by atoms with Crippen LogP contribution in [0.5, 0.6) is 0 Å². The average molecular weight is 278 g/mol. The first kappa shape index (κ1) is 13.7. The summed E-state index contributed by atoms with van der Waals surface area (Å²) in [4.78, 5) is 9.13. The van der Waals surface area contributed by atoms with Gasteiger partial charge >= 0.3 is 0 Å². The minimum atomic E-state index is 0.194. The van der Waals surface area contributed by atoms with Gasteiger partial charge in [0, 0.05) is 24.4 Å². The van der Waals surface area contributed by atoms with Gasteiger partial charge in [0.1, 0.15) is 0 Å². The fourth-order valence-corrected chi connectivity index (χ4v) is 2.69. The Morgan fingerprint density at radius 1 is 0.952 bits per heavy atom. The van der Waals surface area contributed by atoms with Crippen LogP contribution in [0.25, 0.3) is 11.4 Å². The van der Waals surface area contributed by atoms with Crippen molar-refractivity contribution in [1.82, 2.24) is 9.97 Å². The van der Waals surface area contributed by atoms with Crippen molar-refractivity contribution in [1.29, 1.82) is 0 Å². The van der Waals surface area contributed by atoms with Gasteiger partial charge in [-0.3, -0.25) is 9.97 Å². The average Bonchev–Trinajstić information content (AvgIpc) is 2.57. The number of aromatic nitrogens is 2. The number of aliphatic hydroxyl groups is 1. The van der Waals surface area contributed by atoms with Crippen LogP contribution in [-0.4, -0.2) is 21.7 Å². The van der Waals surface area contributed by atoms with Crippen LogP contribution in [0.1, 0.15) is 18.0 Å². The van der Waals surface area contributed by atoms with Gasteiger partial charge in [-0.1, -0.05) is 36.4 Å². The quantitative estimate of drug-likeness (QED) is 0.933. The predicted molar refractivity (Wildman–Crippen MR) is 83.7 cm³/mol. The zero-order valence-electron chi connectivity index (χ0n) is 11.8. The first-order chi connectivity index (χ1) is 10.4. The molecule has 3 heteroatoms. The lowest BCUT2D eigenvalue weighted by atomic mass is 9.83. The molecule has 2 heterocycles. The molecule has 1 unspecified atom stereocenters. The van der Waals surface area contributed by atoms with Crippen LogP contribution in [0, 0.1) is 5.92 Å². The molecule has 2 atom stereocenters. The molecular formula is C18H18N2O. The molecule has 0 spiro atoms. The van der Waals surface area contributed by atoms with E-state index in [2.05, 4.69) is 17.1 Å². The van der Waals surface area contributed by atoms with Crippen molar-refractivity contribution >= 4 is 0 Å². The van der Waals surface area contributed by atoms with Crippen molar-refractivity contribution in [3.8, 4) is 11.4 Å². The molecule has 0 radical (unpaired) electrons. The Labute approximate surface area is 124 Å². The summed E-state index contributed by atoms with van der Waals surface area (Å²) in [6.07, 6.45) is 10.9. The van der Waals surface area contributed by atoms with Crippen molar-refractivity contribution in [2.24, 2.45) is 5.92 Å². The Kier molecular flexibility index (Phi) is 4.22. The maximum absolute atomic E-state index is 9.23. The summed E-state index contributed by atoms with van der Waals surface area (Å²) in [5.74, 6) is 0.511. The number of rotatable bonds is 4. The molecule has 0 aromatic carbocycles. The molecular weight excluding hydrogens is 260 g/mol. The molecule has 0 bridgehead atoms. The molecule has 2 aromatic heterocycles. The normalized spacial score (nSPS) is 20.6. The van der Waals surface area contributed by atoms with E-state index in [1.165, 1.54) is 0 Å². The van der Waals surface area contributed by atoms with Gasteiger partial charge in [0.05, 0.1) is 11.4 Å². The van der Waals surface area contributed by atoms with E-state index >= 15 is 0 Å². The van der Waals surface area contributed by atoms with E-state index < -0.39 is 0 Å². The molecule has 1 aliphatic carbocycles. The van der Waals surface area contributed by atoms with E-state index in [-0.39, 0.29) is 12.5 Å². The number of hydrogen-bond acceptors (Lipinski definition) is 3. The fourth-order valence-electron chi connectivity index (χ4n) is 2.69. The fraction of sp³-hybridized carbons (Fsp3) is 0.222. The third-order valence-electron chi connectivity index (χ3n) is 3.75. The summed E-state index contributed by atoms with van der Waals surface area (Å²) in [7, 11) is 0. The lowest BCUT2D eigenvalue weighted by Crippen LogP contribution is -2.14. The molecule has 3 rings (SSSR count). The maximum Gasteiger partial charge on any atom is 0.0889 e. The van der Waals surface area contributed by atoms with Crippen LogP contribution in [0.4, 0.5) is 0 Å². The van der Waals surface area contributed by atoms with Crippen LogP contribution < -0.4 is 0 Å². The second kappa shape index (κ2) is 6.46. The van der Waals surface area contributed by atoms with E-state index in [0.717, 1.165) is 23.5 Å². The number of hydrogen-bond donors (Lipinski definition) is 1. The van der Waals surface area contributed by atoms with Crippen molar-refractivity contribution in [2.45, 2.75) is 12.3 Å². The standard InChI is InChI=1S/C18H18N2O/c21-13-11-14-6-1-2-7-15(14)16-9-5-10-18(20-16)17-8-3-4-12-19-17/h1-10,12,14-15,21H,11,13H2/t14?,15-/m1/s1. The molecule has 2 aromatic rings. The van der Waals surface area contributed by atoms with Crippen molar-refractivity contribution < 1.29 is 5.11 Å². The lowest BCUT2D eigenvalue weighted by molar-refractivity contribution is 0.264. The number of aliphatic hydroxyl groups excluding tert-OH is 1. The zero-order valence-corrected chi connectivity index (χ0v) is 11.8. The van der Waals surface area contributed by atoms with Gasteiger partial charge in [-0.25, -0.2) is 0 Å². The van der Waals surface area contributed by atoms with Crippen molar-refractivity contribution in [2.75, 3.05) is 6.61 Å². The summed E-state index contributed by atoms with van der Waals surface area (Å²) in [6, 6.07) is 11.9. The molecule has 0 aliphatic heterocycles. The van der Waals surface area contributed by atoms with E-state index in [9.17, 15) is 5.11 Å². The van der Waals surface area contributed by atoms with Crippen LogP contribution >= 0.6 is 0 Å². The third-order valence-corrected chi connectivity index (χ3v) is 3.75. The summed E-state index contributed by atoms with van der Waals surface area (Å²) in [5, 5.41) is 9.23. The van der Waals surface area contributed by atoms with E-state index in [0.29, 0.717) is 5.92 Å². The van der Waals surface area contributed by atoms with Crippen LogP contribution in [-0.2, 0) is 0 Å². The highest BCUT2D eigenvalue weighted by atomic mass is 16.3. The maximum atomic E-state index is 9.23. The number of allylic oxidation sites excluding steroid dienone is 4. The smallest absolute Gasteiger partial charge is 0.0889 e. The van der Waals surface area contributed by atoms with Gasteiger partial charge < -0.3 is 5.11 Å². The Morgan fingerprint density at radius 2 is 1.81 bits per heavy atom. The van der Waals surface area contributed by atoms with E-state index in [1.54, 1.807) is 6.20 Å². The van der Waals surface area contributed by atoms with Crippen molar-refractivity contribution in [3.63, 3.8) is 0 Å². The largest absolute Gasteiger partial charge is 0.396 e. The molecule has 3 nitrogen and oxygen atoms in total. The Hall–Kier alpha value is -2.26. The summed E-state index contributed by atoms with van der Waals surface area (Å²) < 4.78 is 0. The highest BCUT2D eigenvalue weighted by Gasteiger charge is 2.21. The minimum absolute atomic E-state index is 0.194. The van der Waals surface area contributed by atoms with Crippen LogP contribution in [0.15, 0.2) is 66.9 Å². The molecule has 0 saturated carbocycles. The first-order valence-electron chi connectivity index (χ1n) is 7.22. The lowest BCUT2D eigenvalue weighted by Gasteiger charge is -2.23. The van der Waals surface area contributed by atoms with Gasteiger partial charge in [0.25, 0.3) is 0 Å². The van der Waals surface area contributed by atoms with Gasteiger partial charge in [-0.2, -0.15) is 0 Å². The zero-order chi connectivity index (χ0) is 14.5. The predicted octanol–water partition coefficient (Wildman–Crippen LogP) is 3.35. The third kappa shape index (κ3) is 3.09. The minimum Gasteiger partial charge on any atom is -0.396 e. The van der Waals surface area contributed by atoms with Gasteiger partial charge in [-0.05, 0) is 36.6 Å². The summed E-state index contributed by atoms with van der Waals surface area (Å²) in [5.41, 5.74) is 2.80. The Bertz CT molecular complexity index is 649. The Morgan fingerprint density at radius 3 is 2.62 bits per heavy atom. The number of nitrogens with zero attached hydrogens (tertiary/aromatic N) is 2. The van der Waals surface area contributed by atoms with Gasteiger partial charge in [0.15, 0.2) is 0 Å². The molecule has 0 amide bonds. The summed E-state index contributed by atoms with van der Waals surface area (Å²) >= 11 is 0. The molecule has 21 heavy (non-hydrogen) atoms. The van der Waals surface area contributed by atoms with Crippen LogP contribution in [0.3, 0.4) is 0 Å². The SMILES string of the molecule is OCCC1C=CC=C[C@H]1c1cccc(-c2ccccn2)n1. The van der Waals surface area contributed by atoms with E-state index in [4.69, 9.17) is 4.98 Å². The highest BCUT2D eigenvalue weighted by Crippen LogP contribution is 2.32.